The van der Waals surface area contributed by atoms with Crippen molar-refractivity contribution in [1.82, 2.24) is 9.78 Å². The summed E-state index contributed by atoms with van der Waals surface area (Å²) in [5.74, 6) is -0.123. The fraction of sp³-hybridized carbons (Fsp3) is 0.600. The maximum absolute atomic E-state index is 11.7. The lowest BCUT2D eigenvalue weighted by molar-refractivity contribution is -0.148. The van der Waals surface area contributed by atoms with Gasteiger partial charge in [-0.05, 0) is 41.4 Å². The maximum atomic E-state index is 11.7. The van der Waals surface area contributed by atoms with Crippen LogP contribution >= 0.6 is 22.6 Å². The van der Waals surface area contributed by atoms with Crippen LogP contribution in [0.1, 0.15) is 12.8 Å². The first-order chi connectivity index (χ1) is 7.56. The van der Waals surface area contributed by atoms with E-state index >= 15 is 0 Å². The lowest BCUT2D eigenvalue weighted by atomic mass is 9.94. The van der Waals surface area contributed by atoms with Crippen LogP contribution in [0, 0.1) is 9.49 Å². The summed E-state index contributed by atoms with van der Waals surface area (Å²) in [6.45, 7) is 0.382. The number of hydrogen-bond acceptors (Lipinski definition) is 4. The Kier molecular flexibility index (Phi) is 3.20. The summed E-state index contributed by atoms with van der Waals surface area (Å²) >= 11 is 2.17. The Bertz CT molecular complexity index is 403. The molecule has 0 saturated heterocycles. The summed E-state index contributed by atoms with van der Waals surface area (Å²) in [5.41, 5.74) is 5.23. The summed E-state index contributed by atoms with van der Waals surface area (Å²) in [5, 5.41) is 4.15. The van der Waals surface area contributed by atoms with Crippen LogP contribution in [0.4, 0.5) is 0 Å². The fourth-order valence-electron chi connectivity index (χ4n) is 1.84. The Morgan fingerprint density at radius 3 is 2.94 bits per heavy atom. The quantitative estimate of drug-likeness (QED) is 0.652. The predicted molar refractivity (Wildman–Crippen MR) is 66.6 cm³/mol. The van der Waals surface area contributed by atoms with Crippen molar-refractivity contribution in [3.8, 4) is 0 Å². The second-order valence-electron chi connectivity index (χ2n) is 4.16. The zero-order valence-electron chi connectivity index (χ0n) is 9.02. The van der Waals surface area contributed by atoms with Crippen molar-refractivity contribution in [2.45, 2.75) is 24.9 Å². The number of carbonyl (C=O) groups excluding carboxylic acids is 1. The van der Waals surface area contributed by atoms with Gasteiger partial charge in [0.25, 0.3) is 0 Å². The third-order valence-electron chi connectivity index (χ3n) is 2.90. The summed E-state index contributed by atoms with van der Waals surface area (Å²) in [7, 11) is 1.37. The van der Waals surface area contributed by atoms with Crippen LogP contribution in [0.5, 0.6) is 0 Å². The van der Waals surface area contributed by atoms with Crippen LogP contribution < -0.4 is 5.73 Å². The summed E-state index contributed by atoms with van der Waals surface area (Å²) < 4.78 is 7.52. The highest BCUT2D eigenvalue weighted by Gasteiger charge is 2.49. The van der Waals surface area contributed by atoms with Crippen molar-refractivity contribution in [3.63, 3.8) is 0 Å². The molecule has 0 aromatic carbocycles. The van der Waals surface area contributed by atoms with E-state index < -0.39 is 5.54 Å². The van der Waals surface area contributed by atoms with E-state index in [1.54, 1.807) is 10.9 Å². The molecule has 1 aliphatic carbocycles. The molecule has 16 heavy (non-hydrogen) atoms. The largest absolute Gasteiger partial charge is 0.468 e. The second-order valence-corrected chi connectivity index (χ2v) is 5.41. The van der Waals surface area contributed by atoms with Gasteiger partial charge >= 0.3 is 5.97 Å². The van der Waals surface area contributed by atoms with E-state index in [4.69, 9.17) is 10.5 Å². The molecule has 0 spiro atoms. The van der Waals surface area contributed by atoms with E-state index in [-0.39, 0.29) is 11.9 Å². The zero-order chi connectivity index (χ0) is 11.8. The molecule has 1 aromatic heterocycles. The Morgan fingerprint density at radius 1 is 1.81 bits per heavy atom. The number of carbonyl (C=O) groups is 1. The van der Waals surface area contributed by atoms with Gasteiger partial charge in [-0.15, -0.1) is 0 Å². The highest BCUT2D eigenvalue weighted by atomic mass is 127. The first-order valence-corrected chi connectivity index (χ1v) is 6.19. The standard InChI is InChI=1S/C10H14IN3O2/c1-16-9(15)10(12,7-2-3-7)6-14-5-8(11)4-13-14/h4-5,7H,2-3,6,12H2,1H3. The van der Waals surface area contributed by atoms with Crippen molar-refractivity contribution in [2.24, 2.45) is 11.7 Å². The Labute approximate surface area is 107 Å². The minimum absolute atomic E-state index is 0.224. The van der Waals surface area contributed by atoms with Gasteiger partial charge in [0.05, 0.1) is 23.4 Å². The van der Waals surface area contributed by atoms with Crippen LogP contribution in [0.25, 0.3) is 0 Å². The molecule has 6 heteroatoms. The van der Waals surface area contributed by atoms with E-state index in [1.165, 1.54) is 7.11 Å². The van der Waals surface area contributed by atoms with Gasteiger partial charge in [-0.1, -0.05) is 0 Å². The third-order valence-corrected chi connectivity index (χ3v) is 3.45. The molecule has 2 rings (SSSR count). The summed E-state index contributed by atoms with van der Waals surface area (Å²) in [4.78, 5) is 11.7. The van der Waals surface area contributed by atoms with E-state index in [9.17, 15) is 4.79 Å². The molecule has 1 atom stereocenters. The van der Waals surface area contributed by atoms with E-state index in [0.29, 0.717) is 6.54 Å². The molecule has 1 unspecified atom stereocenters. The first-order valence-electron chi connectivity index (χ1n) is 5.11. The molecule has 1 aliphatic rings. The average Bonchev–Trinajstić information content (AvgIpc) is 3.03. The number of methoxy groups -OCH3 is 1. The smallest absolute Gasteiger partial charge is 0.328 e. The molecule has 1 heterocycles. The topological polar surface area (TPSA) is 70.1 Å². The monoisotopic (exact) mass is 335 g/mol. The number of aromatic nitrogens is 2. The number of rotatable bonds is 4. The van der Waals surface area contributed by atoms with Gasteiger partial charge in [-0.3, -0.25) is 4.68 Å². The van der Waals surface area contributed by atoms with Gasteiger partial charge < -0.3 is 10.5 Å². The van der Waals surface area contributed by atoms with Gasteiger partial charge in [0.15, 0.2) is 0 Å². The fourth-order valence-corrected chi connectivity index (χ4v) is 2.29. The summed E-state index contributed by atoms with van der Waals surface area (Å²) in [6.07, 6.45) is 5.59. The highest BCUT2D eigenvalue weighted by Crippen LogP contribution is 2.39. The normalized spacial score (nSPS) is 19.2. The Hall–Kier alpha value is -0.630. The Balaban J connectivity index is 2.17. The summed E-state index contributed by atoms with van der Waals surface area (Å²) in [6, 6.07) is 0. The molecule has 0 radical (unpaired) electrons. The van der Waals surface area contributed by atoms with Crippen molar-refractivity contribution in [3.05, 3.63) is 16.0 Å². The number of nitrogens with zero attached hydrogens (tertiary/aromatic N) is 2. The molecule has 88 valence electrons. The first kappa shape index (κ1) is 11.8. The maximum Gasteiger partial charge on any atom is 0.328 e. The third kappa shape index (κ3) is 2.22. The average molecular weight is 335 g/mol. The Morgan fingerprint density at radius 2 is 2.50 bits per heavy atom. The van der Waals surface area contributed by atoms with Crippen molar-refractivity contribution >= 4 is 28.6 Å². The van der Waals surface area contributed by atoms with Crippen LogP contribution in [0.2, 0.25) is 0 Å². The molecule has 1 aromatic rings. The number of esters is 1. The van der Waals surface area contributed by atoms with E-state index in [1.807, 2.05) is 6.20 Å². The minimum Gasteiger partial charge on any atom is -0.468 e. The van der Waals surface area contributed by atoms with Gasteiger partial charge in [-0.25, -0.2) is 4.79 Å². The molecule has 1 saturated carbocycles. The molecule has 2 N–H and O–H groups in total. The number of nitrogens with two attached hydrogens (primary N) is 1. The molecule has 5 nitrogen and oxygen atoms in total. The lowest BCUT2D eigenvalue weighted by Gasteiger charge is -2.26. The van der Waals surface area contributed by atoms with Crippen molar-refractivity contribution in [1.29, 1.82) is 0 Å². The molecule has 0 aliphatic heterocycles. The molecule has 0 bridgehead atoms. The van der Waals surface area contributed by atoms with E-state index in [0.717, 1.165) is 16.4 Å². The SMILES string of the molecule is COC(=O)C(N)(Cn1cc(I)cn1)C1CC1. The van der Waals surface area contributed by atoms with Crippen LogP contribution in [-0.4, -0.2) is 28.4 Å². The zero-order valence-corrected chi connectivity index (χ0v) is 11.2. The van der Waals surface area contributed by atoms with Crippen LogP contribution in [-0.2, 0) is 16.1 Å². The molecule has 1 fully saturated rings. The van der Waals surface area contributed by atoms with Crippen molar-refractivity contribution < 1.29 is 9.53 Å². The van der Waals surface area contributed by atoms with Gasteiger partial charge in [0, 0.05) is 6.20 Å². The molecule has 0 amide bonds. The number of hydrogen-bond donors (Lipinski definition) is 1. The van der Waals surface area contributed by atoms with Crippen LogP contribution in [0.3, 0.4) is 0 Å². The molecular formula is C10H14IN3O2. The predicted octanol–water partition coefficient (Wildman–Crippen LogP) is 0.768. The van der Waals surface area contributed by atoms with Crippen molar-refractivity contribution in [2.75, 3.05) is 7.11 Å². The van der Waals surface area contributed by atoms with Gasteiger partial charge in [-0.2, -0.15) is 5.10 Å². The minimum atomic E-state index is -0.927. The number of ether oxygens (including phenoxy) is 1. The number of halogens is 1. The van der Waals surface area contributed by atoms with E-state index in [2.05, 4.69) is 27.7 Å². The second kappa shape index (κ2) is 4.33. The highest BCUT2D eigenvalue weighted by molar-refractivity contribution is 14.1. The van der Waals surface area contributed by atoms with Gasteiger partial charge in [0.2, 0.25) is 0 Å². The van der Waals surface area contributed by atoms with Crippen LogP contribution in [0.15, 0.2) is 12.4 Å². The van der Waals surface area contributed by atoms with Gasteiger partial charge in [0.1, 0.15) is 5.54 Å². The molecular weight excluding hydrogens is 321 g/mol. The lowest BCUT2D eigenvalue weighted by Crippen LogP contribution is -2.54.